The van der Waals surface area contributed by atoms with Crippen molar-refractivity contribution in [3.05, 3.63) is 29.6 Å². The molecule has 4 heteroatoms. The third-order valence-electron chi connectivity index (χ3n) is 3.02. The molecule has 1 aliphatic rings. The highest BCUT2D eigenvalue weighted by molar-refractivity contribution is 5.23. The summed E-state index contributed by atoms with van der Waals surface area (Å²) in [5, 5.41) is 4.17. The van der Waals surface area contributed by atoms with E-state index in [1.54, 1.807) is 0 Å². The first kappa shape index (κ1) is 10.4. The molecule has 0 radical (unpaired) electrons. The average molecular weight is 206 g/mol. The van der Waals surface area contributed by atoms with Gasteiger partial charge in [-0.25, -0.2) is 5.43 Å². The van der Waals surface area contributed by atoms with E-state index >= 15 is 0 Å². The van der Waals surface area contributed by atoms with Gasteiger partial charge in [-0.3, -0.25) is 10.5 Å². The Balaban J connectivity index is 2.24. The number of nitrogens with one attached hydrogen (secondary N) is 1. The van der Waals surface area contributed by atoms with E-state index in [4.69, 9.17) is 5.84 Å². The SMILES string of the molecule is Cn1nccc1C(NN)C1=CCCCC1. The Hall–Kier alpha value is -1.13. The first-order valence-corrected chi connectivity index (χ1v) is 5.46. The standard InChI is InChI=1S/C11H18N4/c1-15-10(7-8-13-15)11(14-12)9-5-3-2-4-6-9/h5,7-8,11,14H,2-4,6,12H2,1H3. The molecule has 1 atom stereocenters. The molecule has 0 aliphatic heterocycles. The van der Waals surface area contributed by atoms with E-state index < -0.39 is 0 Å². The zero-order valence-corrected chi connectivity index (χ0v) is 9.11. The number of aromatic nitrogens is 2. The van der Waals surface area contributed by atoms with Crippen LogP contribution in [-0.2, 0) is 7.05 Å². The summed E-state index contributed by atoms with van der Waals surface area (Å²) >= 11 is 0. The Bertz CT molecular complexity index is 353. The topological polar surface area (TPSA) is 55.9 Å². The summed E-state index contributed by atoms with van der Waals surface area (Å²) in [6, 6.07) is 2.14. The molecule has 82 valence electrons. The van der Waals surface area contributed by atoms with Crippen LogP contribution in [0, 0.1) is 0 Å². The van der Waals surface area contributed by atoms with Crippen molar-refractivity contribution in [2.45, 2.75) is 31.7 Å². The second kappa shape index (κ2) is 4.59. The monoisotopic (exact) mass is 206 g/mol. The minimum atomic E-state index is 0.123. The minimum absolute atomic E-state index is 0.123. The van der Waals surface area contributed by atoms with Gasteiger partial charge in [0.25, 0.3) is 0 Å². The van der Waals surface area contributed by atoms with Crippen molar-refractivity contribution in [2.24, 2.45) is 12.9 Å². The van der Waals surface area contributed by atoms with Crippen LogP contribution in [0.2, 0.25) is 0 Å². The molecule has 1 aromatic rings. The van der Waals surface area contributed by atoms with Gasteiger partial charge in [-0.1, -0.05) is 11.6 Å². The lowest BCUT2D eigenvalue weighted by Gasteiger charge is -2.22. The predicted molar refractivity (Wildman–Crippen MR) is 59.8 cm³/mol. The first-order valence-electron chi connectivity index (χ1n) is 5.46. The quantitative estimate of drug-likeness (QED) is 0.447. The smallest absolute Gasteiger partial charge is 0.0838 e. The largest absolute Gasteiger partial charge is 0.271 e. The summed E-state index contributed by atoms with van der Waals surface area (Å²) < 4.78 is 1.87. The Morgan fingerprint density at radius 3 is 2.93 bits per heavy atom. The number of nitrogens with two attached hydrogens (primary N) is 1. The maximum Gasteiger partial charge on any atom is 0.0838 e. The fourth-order valence-corrected chi connectivity index (χ4v) is 2.17. The van der Waals surface area contributed by atoms with E-state index in [0.717, 1.165) is 12.1 Å². The summed E-state index contributed by atoms with van der Waals surface area (Å²) in [7, 11) is 1.95. The van der Waals surface area contributed by atoms with Crippen molar-refractivity contribution >= 4 is 0 Å². The molecular weight excluding hydrogens is 188 g/mol. The van der Waals surface area contributed by atoms with Gasteiger partial charge in [0.1, 0.15) is 0 Å². The number of nitrogens with zero attached hydrogens (tertiary/aromatic N) is 2. The molecule has 1 heterocycles. The van der Waals surface area contributed by atoms with Crippen LogP contribution < -0.4 is 11.3 Å². The van der Waals surface area contributed by atoms with Crippen LogP contribution in [0.15, 0.2) is 23.9 Å². The second-order valence-corrected chi connectivity index (χ2v) is 4.00. The van der Waals surface area contributed by atoms with Crippen molar-refractivity contribution in [3.8, 4) is 0 Å². The van der Waals surface area contributed by atoms with Crippen molar-refractivity contribution < 1.29 is 0 Å². The predicted octanol–water partition coefficient (Wildman–Crippen LogP) is 1.42. The van der Waals surface area contributed by atoms with Gasteiger partial charge in [0.05, 0.1) is 11.7 Å². The van der Waals surface area contributed by atoms with Gasteiger partial charge >= 0.3 is 0 Å². The zero-order chi connectivity index (χ0) is 10.7. The fourth-order valence-electron chi connectivity index (χ4n) is 2.17. The van der Waals surface area contributed by atoms with Crippen LogP contribution in [0.4, 0.5) is 0 Å². The third-order valence-corrected chi connectivity index (χ3v) is 3.02. The first-order chi connectivity index (χ1) is 7.33. The van der Waals surface area contributed by atoms with Gasteiger partial charge in [0.2, 0.25) is 0 Å². The van der Waals surface area contributed by atoms with Crippen molar-refractivity contribution in [2.75, 3.05) is 0 Å². The van der Waals surface area contributed by atoms with Crippen molar-refractivity contribution in [3.63, 3.8) is 0 Å². The Morgan fingerprint density at radius 1 is 1.53 bits per heavy atom. The lowest BCUT2D eigenvalue weighted by atomic mass is 9.92. The fraction of sp³-hybridized carbons (Fsp3) is 0.545. The summed E-state index contributed by atoms with van der Waals surface area (Å²) in [5.41, 5.74) is 5.41. The van der Waals surface area contributed by atoms with Gasteiger partial charge < -0.3 is 0 Å². The van der Waals surface area contributed by atoms with Gasteiger partial charge in [-0.05, 0) is 31.7 Å². The Labute approximate surface area is 90.1 Å². The lowest BCUT2D eigenvalue weighted by molar-refractivity contribution is 0.529. The molecule has 0 saturated heterocycles. The average Bonchev–Trinajstić information content (AvgIpc) is 2.68. The Kier molecular flexibility index (Phi) is 3.18. The van der Waals surface area contributed by atoms with Crippen molar-refractivity contribution in [1.29, 1.82) is 0 Å². The number of hydrogen-bond acceptors (Lipinski definition) is 3. The highest BCUT2D eigenvalue weighted by atomic mass is 15.3. The molecule has 15 heavy (non-hydrogen) atoms. The van der Waals surface area contributed by atoms with E-state index in [1.165, 1.54) is 24.8 Å². The van der Waals surface area contributed by atoms with Crippen LogP contribution in [0.25, 0.3) is 0 Å². The number of rotatable bonds is 3. The second-order valence-electron chi connectivity index (χ2n) is 4.00. The molecule has 0 saturated carbocycles. The molecule has 0 amide bonds. The lowest BCUT2D eigenvalue weighted by Crippen LogP contribution is -2.31. The summed E-state index contributed by atoms with van der Waals surface area (Å²) in [6.45, 7) is 0. The maximum absolute atomic E-state index is 5.63. The van der Waals surface area contributed by atoms with Gasteiger partial charge in [-0.15, -0.1) is 0 Å². The maximum atomic E-state index is 5.63. The molecule has 0 bridgehead atoms. The van der Waals surface area contributed by atoms with E-state index in [1.807, 2.05) is 24.0 Å². The third kappa shape index (κ3) is 2.11. The highest BCUT2D eigenvalue weighted by Crippen LogP contribution is 2.28. The summed E-state index contributed by atoms with van der Waals surface area (Å²) in [6.07, 6.45) is 8.99. The zero-order valence-electron chi connectivity index (χ0n) is 9.11. The van der Waals surface area contributed by atoms with Gasteiger partial charge in [-0.2, -0.15) is 5.10 Å². The molecule has 0 fully saturated rings. The molecule has 4 nitrogen and oxygen atoms in total. The number of hydrazine groups is 1. The van der Waals surface area contributed by atoms with E-state index in [0.29, 0.717) is 0 Å². The minimum Gasteiger partial charge on any atom is -0.271 e. The van der Waals surface area contributed by atoms with Crippen molar-refractivity contribution in [1.82, 2.24) is 15.2 Å². The molecule has 3 N–H and O–H groups in total. The number of allylic oxidation sites excluding steroid dienone is 1. The van der Waals surface area contributed by atoms with Crippen LogP contribution in [-0.4, -0.2) is 9.78 Å². The Morgan fingerprint density at radius 2 is 2.40 bits per heavy atom. The van der Waals surface area contributed by atoms with E-state index in [-0.39, 0.29) is 6.04 Å². The van der Waals surface area contributed by atoms with Crippen LogP contribution in [0.5, 0.6) is 0 Å². The molecule has 2 rings (SSSR count). The van der Waals surface area contributed by atoms with Gasteiger partial charge in [0.15, 0.2) is 0 Å². The normalized spacial score (nSPS) is 18.7. The van der Waals surface area contributed by atoms with Gasteiger partial charge in [0, 0.05) is 13.2 Å². The van der Waals surface area contributed by atoms with Crippen LogP contribution in [0.1, 0.15) is 37.4 Å². The van der Waals surface area contributed by atoms with E-state index in [2.05, 4.69) is 16.6 Å². The number of hydrogen-bond donors (Lipinski definition) is 2. The van der Waals surface area contributed by atoms with Crippen LogP contribution in [0.3, 0.4) is 0 Å². The molecular formula is C11H18N4. The molecule has 1 aliphatic carbocycles. The molecule has 1 unspecified atom stereocenters. The molecule has 1 aromatic heterocycles. The summed E-state index contributed by atoms with van der Waals surface area (Å²) in [5.74, 6) is 5.63. The summed E-state index contributed by atoms with van der Waals surface area (Å²) in [4.78, 5) is 0. The number of aryl methyl sites for hydroxylation is 1. The van der Waals surface area contributed by atoms with Crippen LogP contribution >= 0.6 is 0 Å². The highest BCUT2D eigenvalue weighted by Gasteiger charge is 2.19. The van der Waals surface area contributed by atoms with E-state index in [9.17, 15) is 0 Å². The molecule has 0 aromatic carbocycles. The molecule has 0 spiro atoms.